The largest absolute Gasteiger partial charge is 0.356 e. The fourth-order valence-electron chi connectivity index (χ4n) is 4.91. The van der Waals surface area contributed by atoms with Crippen LogP contribution in [0.1, 0.15) is 33.6 Å². The molecule has 4 aromatic rings. The molecule has 10 nitrogen and oxygen atoms in total. The minimum Gasteiger partial charge on any atom is -0.356 e. The summed E-state index contributed by atoms with van der Waals surface area (Å²) < 4.78 is 29.2. The topological polar surface area (TPSA) is 138 Å². The molecule has 3 amide bonds. The number of aryl methyl sites for hydroxylation is 2. The summed E-state index contributed by atoms with van der Waals surface area (Å²) in [6.07, 6.45) is 1.64. The number of benzene rings is 3. The molecule has 1 aliphatic rings. The number of sulfonamides is 1. The Balaban J connectivity index is 1.27. The van der Waals surface area contributed by atoms with E-state index in [0.717, 1.165) is 9.87 Å². The second kappa shape index (κ2) is 12.9. The second-order valence-corrected chi connectivity index (χ2v) is 12.6. The first-order valence-corrected chi connectivity index (χ1v) is 15.7. The number of aromatic nitrogens is 1. The lowest BCUT2D eigenvalue weighted by atomic mass is 10.1. The molecule has 3 aromatic carbocycles. The Bertz CT molecular complexity index is 1830. The zero-order chi connectivity index (χ0) is 31.4. The summed E-state index contributed by atoms with van der Waals surface area (Å²) in [5.41, 5.74) is 3.41. The number of para-hydroxylation sites is 2. The highest BCUT2D eigenvalue weighted by Crippen LogP contribution is 2.38. The van der Waals surface area contributed by atoms with Crippen LogP contribution in [0.3, 0.4) is 0 Å². The van der Waals surface area contributed by atoms with Gasteiger partial charge in [-0.15, -0.1) is 0 Å². The maximum absolute atomic E-state index is 14.1. The summed E-state index contributed by atoms with van der Waals surface area (Å²) in [7, 11) is -4.27. The van der Waals surface area contributed by atoms with Crippen LogP contribution in [0.25, 0.3) is 0 Å². The SMILES string of the molecule is Cc1cc(S(=O)(=O)N2c3ccccc3NC(=O)[C@H]2CC(=O)NCCc2ccc(NC(=O)c3ccccn3)cc2)c(C)cc1Cl. The van der Waals surface area contributed by atoms with E-state index in [1.807, 2.05) is 12.1 Å². The number of pyridine rings is 1. The van der Waals surface area contributed by atoms with Crippen LogP contribution >= 0.6 is 11.6 Å². The molecule has 0 aliphatic carbocycles. The molecule has 1 atom stereocenters. The van der Waals surface area contributed by atoms with Gasteiger partial charge in [-0.25, -0.2) is 8.42 Å². The van der Waals surface area contributed by atoms with Crippen molar-refractivity contribution in [1.29, 1.82) is 0 Å². The van der Waals surface area contributed by atoms with Crippen molar-refractivity contribution >= 4 is 56.4 Å². The van der Waals surface area contributed by atoms with Gasteiger partial charge in [0, 0.05) is 23.5 Å². The van der Waals surface area contributed by atoms with Gasteiger partial charge in [0.25, 0.3) is 15.9 Å². The minimum atomic E-state index is -4.27. The van der Waals surface area contributed by atoms with Gasteiger partial charge in [0.1, 0.15) is 11.7 Å². The fourth-order valence-corrected chi connectivity index (χ4v) is 7.06. The molecule has 0 unspecified atom stereocenters. The van der Waals surface area contributed by atoms with Crippen LogP contribution in [0.4, 0.5) is 17.1 Å². The molecule has 0 radical (unpaired) electrons. The lowest BCUT2D eigenvalue weighted by Gasteiger charge is -2.37. The number of fused-ring (bicyclic) bond motifs is 1. The molecule has 0 spiro atoms. The van der Waals surface area contributed by atoms with Gasteiger partial charge < -0.3 is 16.0 Å². The smallest absolute Gasteiger partial charge is 0.274 e. The van der Waals surface area contributed by atoms with Crippen LogP contribution < -0.4 is 20.3 Å². The number of rotatable bonds is 9. The number of anilines is 3. The Kier molecular flexibility index (Phi) is 8.98. The number of hydrogen-bond donors (Lipinski definition) is 3. The van der Waals surface area contributed by atoms with Crippen LogP contribution in [-0.4, -0.2) is 43.7 Å². The van der Waals surface area contributed by atoms with Crippen LogP contribution in [-0.2, 0) is 26.0 Å². The number of carbonyl (C=O) groups excluding carboxylic acids is 3. The average Bonchev–Trinajstić information content (AvgIpc) is 3.00. The first kappa shape index (κ1) is 30.7. The highest BCUT2D eigenvalue weighted by Gasteiger charge is 2.42. The van der Waals surface area contributed by atoms with Gasteiger partial charge in [-0.3, -0.25) is 23.7 Å². The summed E-state index contributed by atoms with van der Waals surface area (Å²) >= 11 is 6.22. The maximum atomic E-state index is 14.1. The lowest BCUT2D eigenvalue weighted by molar-refractivity contribution is -0.125. The van der Waals surface area contributed by atoms with Crippen LogP contribution in [0, 0.1) is 13.8 Å². The van der Waals surface area contributed by atoms with E-state index < -0.39 is 27.9 Å². The molecule has 0 saturated carbocycles. The van der Waals surface area contributed by atoms with Gasteiger partial charge in [0.2, 0.25) is 11.8 Å². The second-order valence-electron chi connectivity index (χ2n) is 10.4. The van der Waals surface area contributed by atoms with Gasteiger partial charge in [0.05, 0.1) is 22.7 Å². The van der Waals surface area contributed by atoms with E-state index in [1.165, 1.54) is 6.07 Å². The number of halogens is 1. The third kappa shape index (κ3) is 6.58. The van der Waals surface area contributed by atoms with E-state index in [4.69, 9.17) is 11.6 Å². The van der Waals surface area contributed by atoms with Gasteiger partial charge in [0.15, 0.2) is 0 Å². The van der Waals surface area contributed by atoms with E-state index in [-0.39, 0.29) is 29.5 Å². The molecule has 0 saturated heterocycles. The molecule has 0 fully saturated rings. The first-order chi connectivity index (χ1) is 21.0. The first-order valence-electron chi connectivity index (χ1n) is 13.8. The number of nitrogens with zero attached hydrogens (tertiary/aromatic N) is 2. The van der Waals surface area contributed by atoms with Crippen LogP contribution in [0.15, 0.2) is 90.0 Å². The Morgan fingerprint density at radius 1 is 0.977 bits per heavy atom. The van der Waals surface area contributed by atoms with Crippen molar-refractivity contribution < 1.29 is 22.8 Å². The molecular weight excluding hydrogens is 602 g/mol. The third-order valence-corrected chi connectivity index (χ3v) is 9.57. The average molecular weight is 632 g/mol. The zero-order valence-corrected chi connectivity index (χ0v) is 25.6. The van der Waals surface area contributed by atoms with Gasteiger partial charge >= 0.3 is 0 Å². The quantitative estimate of drug-likeness (QED) is 0.241. The van der Waals surface area contributed by atoms with Crippen molar-refractivity contribution in [2.24, 2.45) is 0 Å². The van der Waals surface area contributed by atoms with Gasteiger partial charge in [-0.1, -0.05) is 41.9 Å². The molecular formula is C32H30ClN5O5S. The summed E-state index contributed by atoms with van der Waals surface area (Å²) in [6, 6.07) is 20.6. The predicted octanol–water partition coefficient (Wildman–Crippen LogP) is 4.87. The summed E-state index contributed by atoms with van der Waals surface area (Å²) in [5, 5.41) is 8.74. The highest BCUT2D eigenvalue weighted by molar-refractivity contribution is 7.93. The molecule has 226 valence electrons. The van der Waals surface area contributed by atoms with Crippen LogP contribution in [0.2, 0.25) is 5.02 Å². The molecule has 0 bridgehead atoms. The van der Waals surface area contributed by atoms with Crippen molar-refractivity contribution in [3.8, 4) is 0 Å². The molecule has 1 aromatic heterocycles. The third-order valence-electron chi connectivity index (χ3n) is 7.20. The summed E-state index contributed by atoms with van der Waals surface area (Å²) in [6.45, 7) is 3.59. The van der Waals surface area contributed by atoms with Crippen molar-refractivity contribution in [3.05, 3.63) is 112 Å². The van der Waals surface area contributed by atoms with E-state index in [2.05, 4.69) is 20.9 Å². The Hall–Kier alpha value is -4.74. The van der Waals surface area contributed by atoms with E-state index in [0.29, 0.717) is 39.6 Å². The number of amides is 3. The molecule has 2 heterocycles. The van der Waals surface area contributed by atoms with E-state index in [1.54, 1.807) is 80.7 Å². The molecule has 5 rings (SSSR count). The molecule has 44 heavy (non-hydrogen) atoms. The monoisotopic (exact) mass is 631 g/mol. The Morgan fingerprint density at radius 3 is 2.43 bits per heavy atom. The highest BCUT2D eigenvalue weighted by atomic mass is 35.5. The summed E-state index contributed by atoms with van der Waals surface area (Å²) in [5.74, 6) is -1.40. The molecule has 1 aliphatic heterocycles. The Labute approximate surface area is 260 Å². The molecule has 3 N–H and O–H groups in total. The van der Waals surface area contributed by atoms with Gasteiger partial charge in [-0.2, -0.15) is 0 Å². The fraction of sp³-hybridized carbons (Fsp3) is 0.188. The number of hydrogen-bond acceptors (Lipinski definition) is 6. The van der Waals surface area contributed by atoms with Crippen molar-refractivity contribution in [2.75, 3.05) is 21.5 Å². The maximum Gasteiger partial charge on any atom is 0.274 e. The van der Waals surface area contributed by atoms with Crippen molar-refractivity contribution in [2.45, 2.75) is 37.6 Å². The van der Waals surface area contributed by atoms with Gasteiger partial charge in [-0.05, 0) is 85.5 Å². The van der Waals surface area contributed by atoms with Crippen molar-refractivity contribution in [3.63, 3.8) is 0 Å². The van der Waals surface area contributed by atoms with E-state index in [9.17, 15) is 22.8 Å². The number of nitrogens with one attached hydrogen (secondary N) is 3. The lowest BCUT2D eigenvalue weighted by Crippen LogP contribution is -2.53. The number of carbonyl (C=O) groups is 3. The predicted molar refractivity (Wildman–Crippen MR) is 169 cm³/mol. The van der Waals surface area contributed by atoms with E-state index >= 15 is 0 Å². The molecule has 12 heteroatoms. The van der Waals surface area contributed by atoms with Crippen LogP contribution in [0.5, 0.6) is 0 Å². The normalized spacial score (nSPS) is 14.4. The standard InChI is InChI=1S/C32H30ClN5O5S/c1-20-18-29(21(2)17-24(20)33)44(42,43)38-27-9-4-3-7-25(27)37-32(41)28(38)19-30(39)35-16-14-22-10-12-23(13-11-22)36-31(40)26-8-5-6-15-34-26/h3-13,15,17-18,28H,14,16,19H2,1-2H3,(H,35,39)(H,36,40)(H,37,41)/t28-/m1/s1. The zero-order valence-electron chi connectivity index (χ0n) is 24.0. The summed E-state index contributed by atoms with van der Waals surface area (Å²) in [4.78, 5) is 42.6. The minimum absolute atomic E-state index is 0.00831. The van der Waals surface area contributed by atoms with Crippen molar-refractivity contribution in [1.82, 2.24) is 10.3 Å². The Morgan fingerprint density at radius 2 is 1.70 bits per heavy atom.